The highest BCUT2D eigenvalue weighted by Gasteiger charge is 2.24. The van der Waals surface area contributed by atoms with Crippen LogP contribution in [0.15, 0.2) is 5.38 Å². The van der Waals surface area contributed by atoms with Gasteiger partial charge in [-0.1, -0.05) is 0 Å². The lowest BCUT2D eigenvalue weighted by atomic mass is 10.2. The van der Waals surface area contributed by atoms with Crippen LogP contribution in [0.3, 0.4) is 0 Å². The summed E-state index contributed by atoms with van der Waals surface area (Å²) >= 11 is 1.30. The van der Waals surface area contributed by atoms with Crippen molar-refractivity contribution in [2.24, 2.45) is 0 Å². The van der Waals surface area contributed by atoms with Crippen molar-refractivity contribution in [3.05, 3.63) is 11.1 Å². The minimum atomic E-state index is -0.854. The molecular weight excluding hydrogens is 256 g/mol. The summed E-state index contributed by atoms with van der Waals surface area (Å²) in [5, 5.41) is 13.5. The van der Waals surface area contributed by atoms with Crippen LogP contribution >= 0.6 is 11.3 Å². The molecular formula is C11H14N2O4S. The molecule has 0 bridgehead atoms. The maximum atomic E-state index is 11.7. The predicted molar refractivity (Wildman–Crippen MR) is 65.7 cm³/mol. The Morgan fingerprint density at radius 2 is 2.44 bits per heavy atom. The highest BCUT2D eigenvalue weighted by molar-refractivity contribution is 7.13. The van der Waals surface area contributed by atoms with Crippen molar-refractivity contribution in [2.75, 3.05) is 11.9 Å². The average molecular weight is 270 g/mol. The van der Waals surface area contributed by atoms with Crippen LogP contribution in [0.2, 0.25) is 0 Å². The number of carbonyl (C=O) groups excluding carboxylic acids is 1. The number of nitrogens with zero attached hydrogens (tertiary/aromatic N) is 1. The molecule has 1 amide bonds. The Labute approximate surface area is 108 Å². The van der Waals surface area contributed by atoms with Gasteiger partial charge in [-0.3, -0.25) is 14.9 Å². The number of aryl methyl sites for hydroxylation is 1. The molecule has 2 rings (SSSR count). The average Bonchev–Trinajstić information content (AvgIpc) is 2.97. The predicted octanol–water partition coefficient (Wildman–Crippen LogP) is 1.28. The van der Waals surface area contributed by atoms with Gasteiger partial charge in [0.15, 0.2) is 5.13 Å². The first-order valence-corrected chi connectivity index (χ1v) is 6.62. The zero-order chi connectivity index (χ0) is 13.0. The molecule has 1 aromatic rings. The zero-order valence-corrected chi connectivity index (χ0v) is 10.5. The van der Waals surface area contributed by atoms with Crippen molar-refractivity contribution in [2.45, 2.75) is 31.8 Å². The lowest BCUT2D eigenvalue weighted by Gasteiger charge is -2.07. The molecule has 1 saturated heterocycles. The number of thiazole rings is 1. The van der Waals surface area contributed by atoms with Gasteiger partial charge in [-0.05, 0) is 12.8 Å². The van der Waals surface area contributed by atoms with Crippen molar-refractivity contribution in [3.8, 4) is 0 Å². The van der Waals surface area contributed by atoms with E-state index in [9.17, 15) is 9.59 Å². The second kappa shape index (κ2) is 5.92. The van der Waals surface area contributed by atoms with E-state index in [0.717, 1.165) is 12.8 Å². The first-order chi connectivity index (χ1) is 8.65. The third-order valence-electron chi connectivity index (χ3n) is 2.60. The number of carboxylic acids is 1. The third kappa shape index (κ3) is 3.51. The second-order valence-corrected chi connectivity index (χ2v) is 4.89. The van der Waals surface area contributed by atoms with Crippen molar-refractivity contribution in [3.63, 3.8) is 0 Å². The summed E-state index contributed by atoms with van der Waals surface area (Å²) in [7, 11) is 0. The normalized spacial score (nSPS) is 18.8. The Hall–Kier alpha value is -1.47. The molecule has 98 valence electrons. The Balaban J connectivity index is 1.85. The molecule has 1 aliphatic heterocycles. The van der Waals surface area contributed by atoms with Crippen LogP contribution in [-0.2, 0) is 20.7 Å². The van der Waals surface area contributed by atoms with Crippen LogP contribution in [0.4, 0.5) is 5.13 Å². The Morgan fingerprint density at radius 1 is 1.61 bits per heavy atom. The first-order valence-electron chi connectivity index (χ1n) is 5.74. The van der Waals surface area contributed by atoms with Crippen LogP contribution in [0.5, 0.6) is 0 Å². The van der Waals surface area contributed by atoms with Crippen molar-refractivity contribution in [1.29, 1.82) is 0 Å². The Morgan fingerprint density at radius 3 is 3.11 bits per heavy atom. The number of nitrogens with one attached hydrogen (secondary N) is 1. The Bertz CT molecular complexity index is 440. The number of aromatic nitrogens is 1. The van der Waals surface area contributed by atoms with E-state index in [0.29, 0.717) is 23.9 Å². The fourth-order valence-corrected chi connectivity index (χ4v) is 2.43. The van der Waals surface area contributed by atoms with E-state index in [1.54, 1.807) is 5.38 Å². The zero-order valence-electron chi connectivity index (χ0n) is 9.72. The number of rotatable bonds is 5. The summed E-state index contributed by atoms with van der Waals surface area (Å²) < 4.78 is 5.26. The Kier molecular flexibility index (Phi) is 4.27. The van der Waals surface area contributed by atoms with Crippen LogP contribution in [0.25, 0.3) is 0 Å². The van der Waals surface area contributed by atoms with Gasteiger partial charge in [0.05, 0.1) is 12.1 Å². The SMILES string of the molecule is O=C(O)CCc1csc(NC(=O)C2CCCO2)n1. The quantitative estimate of drug-likeness (QED) is 0.841. The van der Waals surface area contributed by atoms with Crippen LogP contribution in [-0.4, -0.2) is 34.7 Å². The van der Waals surface area contributed by atoms with Gasteiger partial charge in [0, 0.05) is 18.4 Å². The monoisotopic (exact) mass is 270 g/mol. The van der Waals surface area contributed by atoms with Gasteiger partial charge in [-0.2, -0.15) is 0 Å². The molecule has 0 aliphatic carbocycles. The van der Waals surface area contributed by atoms with Gasteiger partial charge in [0.2, 0.25) is 0 Å². The summed E-state index contributed by atoms with van der Waals surface area (Å²) in [6, 6.07) is 0. The minimum Gasteiger partial charge on any atom is -0.481 e. The lowest BCUT2D eigenvalue weighted by Crippen LogP contribution is -2.26. The smallest absolute Gasteiger partial charge is 0.303 e. The number of hydrogen-bond acceptors (Lipinski definition) is 5. The van der Waals surface area contributed by atoms with Crippen LogP contribution in [0, 0.1) is 0 Å². The van der Waals surface area contributed by atoms with E-state index in [4.69, 9.17) is 9.84 Å². The molecule has 1 fully saturated rings. The molecule has 1 atom stereocenters. The second-order valence-electron chi connectivity index (χ2n) is 4.03. The number of aliphatic carboxylic acids is 1. The number of anilines is 1. The van der Waals surface area contributed by atoms with E-state index in [1.165, 1.54) is 11.3 Å². The largest absolute Gasteiger partial charge is 0.481 e. The molecule has 0 aromatic carbocycles. The molecule has 1 aliphatic rings. The number of ether oxygens (including phenoxy) is 1. The molecule has 0 spiro atoms. The highest BCUT2D eigenvalue weighted by Crippen LogP contribution is 2.19. The lowest BCUT2D eigenvalue weighted by molar-refractivity contribution is -0.137. The van der Waals surface area contributed by atoms with Crippen molar-refractivity contribution in [1.82, 2.24) is 4.98 Å². The molecule has 0 radical (unpaired) electrons. The molecule has 6 nitrogen and oxygen atoms in total. The van der Waals surface area contributed by atoms with Crippen LogP contribution in [0.1, 0.15) is 25.0 Å². The number of amides is 1. The van der Waals surface area contributed by atoms with Gasteiger partial charge >= 0.3 is 5.97 Å². The standard InChI is InChI=1S/C11H14N2O4S/c14-9(15)4-3-7-6-18-11(12-7)13-10(16)8-2-1-5-17-8/h6,8H,1-5H2,(H,14,15)(H,12,13,16). The number of carbonyl (C=O) groups is 2. The van der Waals surface area contributed by atoms with Gasteiger partial charge < -0.3 is 9.84 Å². The van der Waals surface area contributed by atoms with E-state index < -0.39 is 5.97 Å². The maximum absolute atomic E-state index is 11.7. The first kappa shape index (κ1) is 13.0. The maximum Gasteiger partial charge on any atom is 0.303 e. The topological polar surface area (TPSA) is 88.5 Å². The van der Waals surface area contributed by atoms with E-state index >= 15 is 0 Å². The van der Waals surface area contributed by atoms with E-state index in [2.05, 4.69) is 10.3 Å². The fraction of sp³-hybridized carbons (Fsp3) is 0.545. The van der Waals surface area contributed by atoms with Crippen molar-refractivity contribution < 1.29 is 19.4 Å². The molecule has 2 N–H and O–H groups in total. The highest BCUT2D eigenvalue weighted by atomic mass is 32.1. The molecule has 1 unspecified atom stereocenters. The molecule has 1 aromatic heterocycles. The molecule has 18 heavy (non-hydrogen) atoms. The minimum absolute atomic E-state index is 0.0445. The molecule has 0 saturated carbocycles. The summed E-state index contributed by atoms with van der Waals surface area (Å²) in [6.07, 6.45) is 1.68. The van der Waals surface area contributed by atoms with Gasteiger partial charge in [-0.25, -0.2) is 4.98 Å². The summed E-state index contributed by atoms with van der Waals surface area (Å²) in [4.78, 5) is 26.3. The van der Waals surface area contributed by atoms with Gasteiger partial charge in [0.1, 0.15) is 6.10 Å². The number of hydrogen-bond donors (Lipinski definition) is 2. The molecule has 2 heterocycles. The third-order valence-corrected chi connectivity index (χ3v) is 3.41. The summed E-state index contributed by atoms with van der Waals surface area (Å²) in [6.45, 7) is 0.625. The van der Waals surface area contributed by atoms with Gasteiger partial charge in [0.25, 0.3) is 5.91 Å². The van der Waals surface area contributed by atoms with E-state index in [-0.39, 0.29) is 18.4 Å². The summed E-state index contributed by atoms with van der Waals surface area (Å²) in [5.41, 5.74) is 0.685. The molecule has 7 heteroatoms. The van der Waals surface area contributed by atoms with Gasteiger partial charge in [-0.15, -0.1) is 11.3 Å². The fourth-order valence-electron chi connectivity index (χ4n) is 1.68. The van der Waals surface area contributed by atoms with Crippen LogP contribution < -0.4 is 5.32 Å². The van der Waals surface area contributed by atoms with E-state index in [1.807, 2.05) is 0 Å². The number of carboxylic acid groups (broad SMARTS) is 1. The summed E-state index contributed by atoms with van der Waals surface area (Å²) in [5.74, 6) is -1.03. The van der Waals surface area contributed by atoms with Crippen molar-refractivity contribution >= 4 is 28.3 Å².